The highest BCUT2D eigenvalue weighted by atomic mass is 32.2. The Labute approximate surface area is 163 Å². The van der Waals surface area contributed by atoms with Crippen LogP contribution >= 0.6 is 11.3 Å². The first-order chi connectivity index (χ1) is 12.8. The fourth-order valence-corrected chi connectivity index (χ4v) is 5.02. The maximum atomic E-state index is 12.8. The molecular weight excluding hydrogens is 380 g/mol. The van der Waals surface area contributed by atoms with Crippen LogP contribution in [0.1, 0.15) is 22.2 Å². The lowest BCUT2D eigenvalue weighted by Crippen LogP contribution is -2.29. The zero-order valence-electron chi connectivity index (χ0n) is 15.5. The van der Waals surface area contributed by atoms with Crippen LogP contribution in [0.25, 0.3) is 10.1 Å². The molecule has 3 rings (SSSR count). The third-order valence-corrected chi connectivity index (χ3v) is 6.67. The Morgan fingerprint density at radius 2 is 1.78 bits per heavy atom. The van der Waals surface area contributed by atoms with Crippen molar-refractivity contribution in [2.45, 2.75) is 13.5 Å². The van der Waals surface area contributed by atoms with E-state index in [-0.39, 0.29) is 5.91 Å². The van der Waals surface area contributed by atoms with E-state index in [0.29, 0.717) is 23.7 Å². The summed E-state index contributed by atoms with van der Waals surface area (Å²) in [5.41, 5.74) is 1.69. The first-order valence-electron chi connectivity index (χ1n) is 8.60. The molecule has 0 N–H and O–H groups in total. The molecule has 0 spiro atoms. The standard InChI is InChI=1S/C20H22N2O3S2/c1-4-22(27(3,24)25)17-10-11-18-16(12-17)13-19(26-18)20(23)21(2)14-15-8-6-5-7-9-15/h5-13H,4,14H2,1-3H3. The maximum absolute atomic E-state index is 12.8. The van der Waals surface area contributed by atoms with Gasteiger partial charge in [-0.05, 0) is 42.1 Å². The molecule has 0 radical (unpaired) electrons. The lowest BCUT2D eigenvalue weighted by atomic mass is 10.2. The van der Waals surface area contributed by atoms with Crippen LogP contribution in [0.2, 0.25) is 0 Å². The quantitative estimate of drug-likeness (QED) is 0.627. The van der Waals surface area contributed by atoms with Crippen LogP contribution in [0.4, 0.5) is 5.69 Å². The molecule has 1 aromatic heterocycles. The Balaban J connectivity index is 1.87. The van der Waals surface area contributed by atoms with Gasteiger partial charge in [0.25, 0.3) is 5.91 Å². The van der Waals surface area contributed by atoms with E-state index >= 15 is 0 Å². The fourth-order valence-electron chi connectivity index (χ4n) is 3.02. The van der Waals surface area contributed by atoms with Crippen molar-refractivity contribution in [3.8, 4) is 0 Å². The lowest BCUT2D eigenvalue weighted by molar-refractivity contribution is 0.0790. The summed E-state index contributed by atoms with van der Waals surface area (Å²) in [7, 11) is -1.55. The van der Waals surface area contributed by atoms with Crippen LogP contribution in [0.5, 0.6) is 0 Å². The SMILES string of the molecule is CCN(c1ccc2sc(C(=O)N(C)Cc3ccccc3)cc2c1)S(C)(=O)=O. The van der Waals surface area contributed by atoms with Crippen molar-refractivity contribution in [2.24, 2.45) is 0 Å². The molecule has 0 fully saturated rings. The van der Waals surface area contributed by atoms with Crippen molar-refractivity contribution < 1.29 is 13.2 Å². The second-order valence-corrected chi connectivity index (χ2v) is 9.40. The van der Waals surface area contributed by atoms with E-state index in [1.807, 2.05) is 48.5 Å². The lowest BCUT2D eigenvalue weighted by Gasteiger charge is -2.20. The summed E-state index contributed by atoms with van der Waals surface area (Å²) in [6, 6.07) is 17.2. The van der Waals surface area contributed by atoms with Gasteiger partial charge in [-0.1, -0.05) is 30.3 Å². The summed E-state index contributed by atoms with van der Waals surface area (Å²) in [6.45, 7) is 2.70. The van der Waals surface area contributed by atoms with Crippen molar-refractivity contribution in [1.82, 2.24) is 4.90 Å². The molecule has 5 nitrogen and oxygen atoms in total. The third-order valence-electron chi connectivity index (χ3n) is 4.30. The average molecular weight is 403 g/mol. The van der Waals surface area contributed by atoms with Crippen molar-refractivity contribution in [3.05, 3.63) is 65.0 Å². The zero-order valence-corrected chi connectivity index (χ0v) is 17.2. The summed E-state index contributed by atoms with van der Waals surface area (Å²) in [5, 5.41) is 0.871. The van der Waals surface area contributed by atoms with E-state index in [0.717, 1.165) is 15.6 Å². The number of fused-ring (bicyclic) bond motifs is 1. The van der Waals surface area contributed by atoms with Gasteiger partial charge in [0.15, 0.2) is 0 Å². The molecule has 0 aliphatic heterocycles. The molecule has 0 bridgehead atoms. The number of amides is 1. The smallest absolute Gasteiger partial charge is 0.264 e. The molecular formula is C20H22N2O3S2. The van der Waals surface area contributed by atoms with Crippen LogP contribution in [0.15, 0.2) is 54.6 Å². The third kappa shape index (κ3) is 4.31. The van der Waals surface area contributed by atoms with Crippen molar-refractivity contribution in [1.29, 1.82) is 0 Å². The molecule has 3 aromatic rings. The predicted octanol–water partition coefficient (Wildman–Crippen LogP) is 3.96. The summed E-state index contributed by atoms with van der Waals surface area (Å²) in [6.07, 6.45) is 1.20. The minimum Gasteiger partial charge on any atom is -0.337 e. The Kier molecular flexibility index (Phi) is 5.53. The Hall–Kier alpha value is -2.38. The molecule has 7 heteroatoms. The number of benzene rings is 2. The molecule has 0 saturated heterocycles. The normalized spacial score (nSPS) is 11.5. The largest absolute Gasteiger partial charge is 0.337 e. The molecule has 1 heterocycles. The molecule has 0 atom stereocenters. The van der Waals surface area contributed by atoms with Gasteiger partial charge in [0.1, 0.15) is 0 Å². The van der Waals surface area contributed by atoms with Crippen molar-refractivity contribution in [2.75, 3.05) is 24.2 Å². The molecule has 2 aromatic carbocycles. The van der Waals surface area contributed by atoms with E-state index in [9.17, 15) is 13.2 Å². The summed E-state index contributed by atoms with van der Waals surface area (Å²) >= 11 is 1.42. The van der Waals surface area contributed by atoms with Crippen LogP contribution in [-0.2, 0) is 16.6 Å². The number of carbonyl (C=O) groups is 1. The highest BCUT2D eigenvalue weighted by molar-refractivity contribution is 7.92. The van der Waals surface area contributed by atoms with Crippen LogP contribution in [0, 0.1) is 0 Å². The second kappa shape index (κ2) is 7.70. The number of hydrogen-bond acceptors (Lipinski definition) is 4. The number of hydrogen-bond donors (Lipinski definition) is 0. The van der Waals surface area contributed by atoms with Crippen molar-refractivity contribution in [3.63, 3.8) is 0 Å². The first kappa shape index (κ1) is 19.4. The van der Waals surface area contributed by atoms with Gasteiger partial charge < -0.3 is 4.90 Å². The first-order valence-corrected chi connectivity index (χ1v) is 11.3. The monoisotopic (exact) mass is 402 g/mol. The summed E-state index contributed by atoms with van der Waals surface area (Å²) < 4.78 is 26.2. The molecule has 0 unspecified atom stereocenters. The number of nitrogens with zero attached hydrogens (tertiary/aromatic N) is 2. The molecule has 0 saturated carbocycles. The second-order valence-electron chi connectivity index (χ2n) is 6.41. The average Bonchev–Trinajstić information content (AvgIpc) is 3.04. The maximum Gasteiger partial charge on any atom is 0.264 e. The van der Waals surface area contributed by atoms with E-state index < -0.39 is 10.0 Å². The fraction of sp³-hybridized carbons (Fsp3) is 0.250. The number of sulfonamides is 1. The van der Waals surface area contributed by atoms with Crippen LogP contribution in [-0.4, -0.2) is 39.1 Å². The van der Waals surface area contributed by atoms with Gasteiger partial charge in [0.05, 0.1) is 16.8 Å². The van der Waals surface area contributed by atoms with E-state index in [4.69, 9.17) is 0 Å². The Morgan fingerprint density at radius 1 is 1.07 bits per heavy atom. The number of thiophene rings is 1. The van der Waals surface area contributed by atoms with E-state index in [2.05, 4.69) is 0 Å². The number of carbonyl (C=O) groups excluding carboxylic acids is 1. The van der Waals surface area contributed by atoms with Gasteiger partial charge in [-0.25, -0.2) is 8.42 Å². The molecule has 1 amide bonds. The summed E-state index contributed by atoms with van der Waals surface area (Å²) in [5.74, 6) is -0.0444. The zero-order chi connectivity index (χ0) is 19.6. The highest BCUT2D eigenvalue weighted by Crippen LogP contribution is 2.31. The van der Waals surface area contributed by atoms with Gasteiger partial charge in [0, 0.05) is 24.8 Å². The summed E-state index contributed by atoms with van der Waals surface area (Å²) in [4.78, 5) is 15.1. The number of anilines is 1. The number of rotatable bonds is 6. The van der Waals surface area contributed by atoms with Crippen LogP contribution in [0.3, 0.4) is 0 Å². The predicted molar refractivity (Wildman–Crippen MR) is 112 cm³/mol. The van der Waals surface area contributed by atoms with Gasteiger partial charge in [-0.3, -0.25) is 9.10 Å². The van der Waals surface area contributed by atoms with Crippen molar-refractivity contribution >= 4 is 43.0 Å². The van der Waals surface area contributed by atoms with Gasteiger partial charge in [-0.2, -0.15) is 0 Å². The highest BCUT2D eigenvalue weighted by Gasteiger charge is 2.18. The van der Waals surface area contributed by atoms with Crippen LogP contribution < -0.4 is 4.31 Å². The van der Waals surface area contributed by atoms with E-state index in [1.165, 1.54) is 21.9 Å². The Bertz CT molecular complexity index is 1060. The Morgan fingerprint density at radius 3 is 2.41 bits per heavy atom. The molecule has 142 valence electrons. The topological polar surface area (TPSA) is 57.7 Å². The minimum atomic E-state index is -3.33. The molecule has 0 aliphatic carbocycles. The van der Waals surface area contributed by atoms with Gasteiger partial charge in [0.2, 0.25) is 10.0 Å². The minimum absolute atomic E-state index is 0.0444. The van der Waals surface area contributed by atoms with E-state index in [1.54, 1.807) is 24.9 Å². The molecule has 0 aliphatic rings. The van der Waals surface area contributed by atoms with Gasteiger partial charge in [-0.15, -0.1) is 11.3 Å². The van der Waals surface area contributed by atoms with Gasteiger partial charge >= 0.3 is 0 Å². The molecule has 27 heavy (non-hydrogen) atoms.